The predicted octanol–water partition coefficient (Wildman–Crippen LogP) is 0.755. The number of aliphatic hydroxyl groups excluding tert-OH is 1. The van der Waals surface area contributed by atoms with Crippen LogP contribution in [0.5, 0.6) is 0 Å². The van der Waals surface area contributed by atoms with Gasteiger partial charge in [0.05, 0.1) is 6.61 Å². The Morgan fingerprint density at radius 2 is 2.05 bits per heavy atom. The summed E-state index contributed by atoms with van der Waals surface area (Å²) in [4.78, 5) is 18.8. The Morgan fingerprint density at radius 3 is 2.71 bits per heavy atom. The summed E-state index contributed by atoms with van der Waals surface area (Å²) in [7, 11) is 3.79. The number of aliphatic imine (C=N–C) groups is 1. The van der Waals surface area contributed by atoms with Crippen LogP contribution in [-0.4, -0.2) is 69.4 Å². The molecule has 1 aromatic carbocycles. The van der Waals surface area contributed by atoms with Crippen molar-refractivity contribution in [1.82, 2.24) is 4.90 Å². The van der Waals surface area contributed by atoms with Crippen LogP contribution < -0.4 is 4.90 Å². The highest BCUT2D eigenvalue weighted by atomic mass is 17.2. The summed E-state index contributed by atoms with van der Waals surface area (Å²) in [6.45, 7) is 4.19. The number of hydrogen-bond donors (Lipinski definition) is 1. The van der Waals surface area contributed by atoms with Crippen molar-refractivity contribution in [2.45, 2.75) is 0 Å². The second kappa shape index (κ2) is 7.97. The SMILES string of the molecule is C/N=C(\OOCCO)c1cccc(N2CCN(C)CC2)c1. The summed E-state index contributed by atoms with van der Waals surface area (Å²) in [5.41, 5.74) is 2.03. The Bertz CT molecular complexity index is 471. The first-order chi connectivity index (χ1) is 10.2. The van der Waals surface area contributed by atoms with Gasteiger partial charge in [0.15, 0.2) is 0 Å². The highest BCUT2D eigenvalue weighted by Gasteiger charge is 2.15. The van der Waals surface area contributed by atoms with Gasteiger partial charge in [0, 0.05) is 44.5 Å². The molecule has 0 atom stereocenters. The van der Waals surface area contributed by atoms with Gasteiger partial charge >= 0.3 is 0 Å². The maximum atomic E-state index is 8.70. The Balaban J connectivity index is 2.05. The van der Waals surface area contributed by atoms with Gasteiger partial charge in [0.1, 0.15) is 6.61 Å². The minimum Gasteiger partial charge on any atom is -0.394 e. The van der Waals surface area contributed by atoms with E-state index in [9.17, 15) is 0 Å². The number of aliphatic hydroxyl groups is 1. The molecule has 1 aromatic rings. The molecule has 0 saturated carbocycles. The molecule has 2 rings (SSSR count). The molecule has 21 heavy (non-hydrogen) atoms. The van der Waals surface area contributed by atoms with Gasteiger partial charge in [-0.05, 0) is 25.2 Å². The Labute approximate surface area is 125 Å². The van der Waals surface area contributed by atoms with Gasteiger partial charge in [0.25, 0.3) is 5.90 Å². The van der Waals surface area contributed by atoms with Gasteiger partial charge in [-0.15, -0.1) is 0 Å². The van der Waals surface area contributed by atoms with Gasteiger partial charge < -0.3 is 19.8 Å². The number of hydrogen-bond acceptors (Lipinski definition) is 6. The molecule has 1 saturated heterocycles. The fourth-order valence-corrected chi connectivity index (χ4v) is 2.25. The molecule has 6 nitrogen and oxygen atoms in total. The fourth-order valence-electron chi connectivity index (χ4n) is 2.25. The number of anilines is 1. The second-order valence-corrected chi connectivity index (χ2v) is 5.00. The van der Waals surface area contributed by atoms with Crippen molar-refractivity contribution in [2.75, 3.05) is 58.4 Å². The first kappa shape index (κ1) is 15.8. The van der Waals surface area contributed by atoms with E-state index in [1.165, 1.54) is 0 Å². The molecule has 1 N–H and O–H groups in total. The third-order valence-corrected chi connectivity index (χ3v) is 3.48. The average molecular weight is 293 g/mol. The van der Waals surface area contributed by atoms with Crippen LogP contribution >= 0.6 is 0 Å². The summed E-state index contributed by atoms with van der Waals surface area (Å²) in [5, 5.41) is 8.70. The molecule has 0 aliphatic carbocycles. The van der Waals surface area contributed by atoms with E-state index in [1.54, 1.807) is 7.05 Å². The molecule has 0 unspecified atom stereocenters. The largest absolute Gasteiger partial charge is 0.394 e. The molecule has 0 radical (unpaired) electrons. The standard InChI is InChI=1S/C15H23N3O3/c1-16-15(21-20-11-10-19)13-4-3-5-14(12-13)18-8-6-17(2)7-9-18/h3-5,12,19H,6-11H2,1-2H3/b16-15-. The molecule has 1 heterocycles. The van der Waals surface area contributed by atoms with E-state index in [0.717, 1.165) is 37.4 Å². The van der Waals surface area contributed by atoms with Crippen molar-refractivity contribution in [3.63, 3.8) is 0 Å². The predicted molar refractivity (Wildman–Crippen MR) is 82.7 cm³/mol. The molecule has 1 aliphatic heterocycles. The molecule has 6 heteroatoms. The van der Waals surface area contributed by atoms with E-state index in [4.69, 9.17) is 14.9 Å². The summed E-state index contributed by atoms with van der Waals surface area (Å²) in [6, 6.07) is 8.07. The monoisotopic (exact) mass is 293 g/mol. The van der Waals surface area contributed by atoms with Crippen LogP contribution in [0.1, 0.15) is 5.56 Å². The molecular weight excluding hydrogens is 270 g/mol. The van der Waals surface area contributed by atoms with Crippen LogP contribution in [0.15, 0.2) is 29.3 Å². The number of nitrogens with zero attached hydrogens (tertiary/aromatic N) is 3. The summed E-state index contributed by atoms with van der Waals surface area (Å²) >= 11 is 0. The van der Waals surface area contributed by atoms with Gasteiger partial charge in [-0.1, -0.05) is 6.07 Å². The Kier molecular flexibility index (Phi) is 5.98. The quantitative estimate of drug-likeness (QED) is 0.285. The van der Waals surface area contributed by atoms with Crippen molar-refractivity contribution in [3.8, 4) is 0 Å². The van der Waals surface area contributed by atoms with Crippen molar-refractivity contribution < 1.29 is 14.9 Å². The van der Waals surface area contributed by atoms with Crippen molar-refractivity contribution in [2.24, 2.45) is 4.99 Å². The summed E-state index contributed by atoms with van der Waals surface area (Å²) < 4.78 is 0. The van der Waals surface area contributed by atoms with Crippen molar-refractivity contribution in [1.29, 1.82) is 0 Å². The minimum absolute atomic E-state index is 0.0850. The summed E-state index contributed by atoms with van der Waals surface area (Å²) in [6.07, 6.45) is 0. The lowest BCUT2D eigenvalue weighted by molar-refractivity contribution is -0.226. The molecule has 116 valence electrons. The van der Waals surface area contributed by atoms with Crippen LogP contribution in [0.2, 0.25) is 0 Å². The van der Waals surface area contributed by atoms with Gasteiger partial charge in [-0.2, -0.15) is 4.89 Å². The smallest absolute Gasteiger partial charge is 0.258 e. The first-order valence-electron chi connectivity index (χ1n) is 7.15. The van der Waals surface area contributed by atoms with E-state index in [0.29, 0.717) is 5.90 Å². The molecular formula is C15H23N3O3. The van der Waals surface area contributed by atoms with Crippen molar-refractivity contribution >= 4 is 11.6 Å². The van der Waals surface area contributed by atoms with E-state index >= 15 is 0 Å². The van der Waals surface area contributed by atoms with E-state index in [2.05, 4.69) is 34.0 Å². The van der Waals surface area contributed by atoms with Crippen molar-refractivity contribution in [3.05, 3.63) is 29.8 Å². The molecule has 1 aliphatic rings. The zero-order chi connectivity index (χ0) is 15.1. The molecule has 0 spiro atoms. The molecule has 0 bridgehead atoms. The lowest BCUT2D eigenvalue weighted by Crippen LogP contribution is -2.44. The number of rotatable bonds is 5. The molecule has 1 fully saturated rings. The third-order valence-electron chi connectivity index (χ3n) is 3.48. The van der Waals surface area contributed by atoms with Gasteiger partial charge in [0.2, 0.25) is 0 Å². The number of piperazine rings is 1. The molecule has 0 aromatic heterocycles. The topological polar surface area (TPSA) is 57.5 Å². The van der Waals surface area contributed by atoms with E-state index in [1.807, 2.05) is 12.1 Å². The van der Waals surface area contributed by atoms with E-state index < -0.39 is 0 Å². The third kappa shape index (κ3) is 4.42. The van der Waals surface area contributed by atoms with Crippen LogP contribution in [0.3, 0.4) is 0 Å². The van der Waals surface area contributed by atoms with Crippen LogP contribution in [0.25, 0.3) is 0 Å². The van der Waals surface area contributed by atoms with Gasteiger partial charge in [-0.25, -0.2) is 0 Å². The zero-order valence-electron chi connectivity index (χ0n) is 12.7. The maximum absolute atomic E-state index is 8.70. The number of benzene rings is 1. The van der Waals surface area contributed by atoms with E-state index in [-0.39, 0.29) is 13.2 Å². The lowest BCUT2D eigenvalue weighted by Gasteiger charge is -2.34. The second-order valence-electron chi connectivity index (χ2n) is 5.00. The fraction of sp³-hybridized carbons (Fsp3) is 0.533. The van der Waals surface area contributed by atoms with Gasteiger partial charge in [-0.3, -0.25) is 4.99 Å². The highest BCUT2D eigenvalue weighted by molar-refractivity contribution is 5.94. The Hall–Kier alpha value is -1.63. The van der Waals surface area contributed by atoms with Crippen LogP contribution in [-0.2, 0) is 9.78 Å². The lowest BCUT2D eigenvalue weighted by atomic mass is 10.1. The zero-order valence-corrected chi connectivity index (χ0v) is 12.7. The van der Waals surface area contributed by atoms with Crippen LogP contribution in [0.4, 0.5) is 5.69 Å². The normalized spacial score (nSPS) is 17.1. The Morgan fingerprint density at radius 1 is 1.29 bits per heavy atom. The molecule has 0 amide bonds. The summed E-state index contributed by atoms with van der Waals surface area (Å²) in [5.74, 6) is 0.416. The first-order valence-corrected chi connectivity index (χ1v) is 7.15. The average Bonchev–Trinajstić information content (AvgIpc) is 2.52. The highest BCUT2D eigenvalue weighted by Crippen LogP contribution is 2.18. The van der Waals surface area contributed by atoms with Crippen LogP contribution in [0, 0.1) is 0 Å². The maximum Gasteiger partial charge on any atom is 0.258 e. The number of likely N-dealkylation sites (N-methyl/N-ethyl adjacent to an activating group) is 1. The minimum atomic E-state index is -0.0850.